The number of halogens is 9. The number of ether oxygens (including phenoxy) is 2. The number of rotatable bonds is 17. The summed E-state index contributed by atoms with van der Waals surface area (Å²) in [6.07, 6.45) is -3.92. The monoisotopic (exact) mass is 1110 g/mol. The summed E-state index contributed by atoms with van der Waals surface area (Å²) >= 11 is 6.88. The number of sulfonamides is 1. The van der Waals surface area contributed by atoms with Crippen molar-refractivity contribution in [1.29, 1.82) is 0 Å². The van der Waals surface area contributed by atoms with E-state index in [1.54, 1.807) is 6.07 Å². The van der Waals surface area contributed by atoms with Gasteiger partial charge >= 0.3 is 0 Å². The zero-order valence-electron chi connectivity index (χ0n) is 41.5. The van der Waals surface area contributed by atoms with Crippen LogP contribution in [0.5, 0.6) is 0 Å². The Balaban J connectivity index is 1.23. The minimum Gasteiger partial charge on any atom is -0.385 e. The standard InChI is InChI=1S/C50H53ClF8N10O6S/c1-24-20-66(21-25(2)75-24)22-28-17-34(27-8-10-49(56,57)11-9-27)61-45-38(28)48(71)69(36-7-6-33(51)40-42(36)67(12-5-13-74-3)64-46(40)65-76(4,72)73)47(62-45)35(16-26-14-29(52)18-30(53)15-26)60-37(70)23-68-43-39(41(63-68)44(54)55)31-19-32(31)50(43,58)59/h6-7,14-15,17-18,24-25,27,31-32,35,44H,5,8-13,16,19-23H2,1-4H3,(H,60,70)(H,64,65)/t24-,25+,31-,32+,35-/m0/s1. The SMILES string of the molecule is COCCCn1nc(NS(C)(=O)=O)c2c(Cl)ccc(-n3c([C@H](Cc4cc(F)cc(F)c4)NC(=O)Cn4nc(C(F)F)c5c4C(F)(F)[C@@H]4C[C@H]54)nc4nc(C5CCC(F)(F)CC5)cc(CN5C[C@@H](C)O[C@@H](C)C5)c4c3=O)c21. The van der Waals surface area contributed by atoms with E-state index in [0.29, 0.717) is 41.5 Å². The normalized spacial score (nSPS) is 21.8. The molecule has 4 aromatic heterocycles. The zero-order valence-corrected chi connectivity index (χ0v) is 43.1. The number of carbonyl (C=O) groups excluding carboxylic acids is 1. The second kappa shape index (κ2) is 20.2. The Bertz CT molecular complexity index is 3410. The van der Waals surface area contributed by atoms with Gasteiger partial charge in [-0.2, -0.15) is 19.0 Å². The highest BCUT2D eigenvalue weighted by Crippen LogP contribution is 2.68. The van der Waals surface area contributed by atoms with Gasteiger partial charge in [0.15, 0.2) is 11.5 Å². The van der Waals surface area contributed by atoms with E-state index in [1.807, 2.05) is 13.8 Å². The van der Waals surface area contributed by atoms with E-state index in [2.05, 4.69) is 25.1 Å². The minimum absolute atomic E-state index is 0.0173. The number of nitrogens with zero attached hydrogens (tertiary/aromatic N) is 8. The molecule has 2 N–H and O–H groups in total. The van der Waals surface area contributed by atoms with E-state index in [-0.39, 0.29) is 107 Å². The van der Waals surface area contributed by atoms with Crippen LogP contribution in [0.25, 0.3) is 27.6 Å². The number of nitrogens with one attached hydrogen (secondary N) is 2. The highest BCUT2D eigenvalue weighted by molar-refractivity contribution is 7.92. The highest BCUT2D eigenvalue weighted by Gasteiger charge is 2.67. The molecule has 0 radical (unpaired) electrons. The van der Waals surface area contributed by atoms with Crippen molar-refractivity contribution < 1.29 is 57.8 Å². The van der Waals surface area contributed by atoms with Gasteiger partial charge in [0.2, 0.25) is 21.9 Å². The molecule has 0 bridgehead atoms. The first-order chi connectivity index (χ1) is 35.9. The second-order valence-corrected chi connectivity index (χ2v) is 22.6. The van der Waals surface area contributed by atoms with Crippen molar-refractivity contribution >= 4 is 55.3 Å². The average molecular weight is 1110 g/mol. The molecule has 6 aromatic rings. The number of fused-ring (bicyclic) bond motifs is 5. The van der Waals surface area contributed by atoms with Crippen LogP contribution in [0.15, 0.2) is 41.2 Å². The van der Waals surface area contributed by atoms with Gasteiger partial charge in [0, 0.05) is 88.3 Å². The third kappa shape index (κ3) is 10.5. The van der Waals surface area contributed by atoms with E-state index in [4.69, 9.17) is 31.0 Å². The molecule has 26 heteroatoms. The number of pyridine rings is 1. The molecule has 5 atom stereocenters. The van der Waals surface area contributed by atoms with Crippen LogP contribution in [0.2, 0.25) is 5.02 Å². The summed E-state index contributed by atoms with van der Waals surface area (Å²) in [5, 5.41) is 11.0. The van der Waals surface area contributed by atoms with Crippen molar-refractivity contribution in [3.63, 3.8) is 0 Å². The molecular formula is C50H53ClF8N10O6S. The number of methoxy groups -OCH3 is 1. The number of anilines is 1. The summed E-state index contributed by atoms with van der Waals surface area (Å²) in [6, 6.07) is 5.34. The van der Waals surface area contributed by atoms with E-state index in [9.17, 15) is 30.8 Å². The Hall–Kier alpha value is -5.76. The molecule has 2 aromatic carbocycles. The molecule has 3 aliphatic carbocycles. The number of morpholine rings is 1. The molecule has 0 unspecified atom stereocenters. The van der Waals surface area contributed by atoms with Gasteiger partial charge in [-0.3, -0.25) is 33.1 Å². The van der Waals surface area contributed by atoms with Crippen LogP contribution < -0.4 is 15.6 Å². The van der Waals surface area contributed by atoms with Crippen LogP contribution in [0.1, 0.15) is 116 Å². The topological polar surface area (TPSA) is 180 Å². The Kier molecular flexibility index (Phi) is 14.3. The molecule has 1 saturated heterocycles. The third-order valence-corrected chi connectivity index (χ3v) is 15.4. The number of aryl methyl sites for hydroxylation is 1. The van der Waals surface area contributed by atoms with Crippen molar-refractivity contribution in [2.24, 2.45) is 5.92 Å². The fourth-order valence-electron chi connectivity index (χ4n) is 11.4. The first-order valence-corrected chi connectivity index (χ1v) is 27.1. The predicted molar refractivity (Wildman–Crippen MR) is 263 cm³/mol. The molecule has 5 heterocycles. The van der Waals surface area contributed by atoms with Gasteiger partial charge in [-0.05, 0) is 86.9 Å². The maximum atomic E-state index is 16.1. The summed E-state index contributed by atoms with van der Waals surface area (Å²) in [5.41, 5.74) is -2.42. The van der Waals surface area contributed by atoms with Crippen LogP contribution in [-0.2, 0) is 56.3 Å². The number of aromatic nitrogens is 7. The summed E-state index contributed by atoms with van der Waals surface area (Å²) in [6.45, 7) is 3.94. The van der Waals surface area contributed by atoms with E-state index in [1.165, 1.54) is 23.9 Å². The number of hydrogen-bond acceptors (Lipinski definition) is 11. The molecule has 2 saturated carbocycles. The summed E-state index contributed by atoms with van der Waals surface area (Å²) < 4.78 is 162. The maximum absolute atomic E-state index is 16.1. The lowest BCUT2D eigenvalue weighted by atomic mass is 9.84. The second-order valence-electron chi connectivity index (χ2n) is 20.5. The fraction of sp³-hybridized carbons (Fsp3) is 0.520. The summed E-state index contributed by atoms with van der Waals surface area (Å²) in [4.78, 5) is 42.7. The smallest absolute Gasteiger partial charge is 0.293 e. The minimum atomic E-state index is -4.04. The average Bonchev–Trinajstić information content (AvgIpc) is 3.94. The highest BCUT2D eigenvalue weighted by atomic mass is 35.5. The lowest BCUT2D eigenvalue weighted by Gasteiger charge is -2.35. The van der Waals surface area contributed by atoms with Crippen molar-refractivity contribution in [2.45, 2.75) is 127 Å². The Morgan fingerprint density at radius 2 is 1.67 bits per heavy atom. The van der Waals surface area contributed by atoms with Crippen LogP contribution in [0.4, 0.5) is 40.9 Å². The number of benzene rings is 2. The maximum Gasteiger partial charge on any atom is 0.293 e. The molecule has 16 nitrogen and oxygen atoms in total. The van der Waals surface area contributed by atoms with E-state index < -0.39 is 112 Å². The van der Waals surface area contributed by atoms with Gasteiger partial charge in [0.05, 0.1) is 51.5 Å². The Morgan fingerprint density at radius 3 is 2.33 bits per heavy atom. The number of carbonyl (C=O) groups is 1. The summed E-state index contributed by atoms with van der Waals surface area (Å²) in [7, 11) is -2.57. The molecule has 408 valence electrons. The van der Waals surface area contributed by atoms with Gasteiger partial charge in [0.1, 0.15) is 35.4 Å². The van der Waals surface area contributed by atoms with Crippen LogP contribution in [0, 0.1) is 17.6 Å². The van der Waals surface area contributed by atoms with Gasteiger partial charge in [-0.25, -0.2) is 44.7 Å². The van der Waals surface area contributed by atoms with Crippen molar-refractivity contribution in [3.05, 3.63) is 103 Å². The number of alkyl halides is 6. The molecule has 3 fully saturated rings. The lowest BCUT2D eigenvalue weighted by Crippen LogP contribution is -2.45. The van der Waals surface area contributed by atoms with Crippen molar-refractivity contribution in [2.75, 3.05) is 37.8 Å². The Labute approximate surface area is 435 Å². The zero-order chi connectivity index (χ0) is 54.3. The molecule has 0 spiro atoms. The first kappa shape index (κ1) is 53.6. The molecule has 10 rings (SSSR count). The lowest BCUT2D eigenvalue weighted by molar-refractivity contribution is -0.123. The quantitative estimate of drug-likeness (QED) is 0.0658. The van der Waals surface area contributed by atoms with Crippen LogP contribution in [0.3, 0.4) is 0 Å². The predicted octanol–water partition coefficient (Wildman–Crippen LogP) is 8.82. The molecule has 1 amide bonds. The van der Waals surface area contributed by atoms with E-state index >= 15 is 22.4 Å². The molecule has 4 aliphatic rings. The van der Waals surface area contributed by atoms with Crippen molar-refractivity contribution in [1.82, 2.24) is 44.3 Å². The number of hydrogen-bond donors (Lipinski definition) is 2. The molecule has 1 aliphatic heterocycles. The first-order valence-electron chi connectivity index (χ1n) is 24.8. The van der Waals surface area contributed by atoms with Crippen molar-refractivity contribution in [3.8, 4) is 5.69 Å². The number of amides is 1. The van der Waals surface area contributed by atoms with Crippen LogP contribution >= 0.6 is 11.6 Å². The molecular weight excluding hydrogens is 1060 g/mol. The van der Waals surface area contributed by atoms with Gasteiger partial charge in [0.25, 0.3) is 17.9 Å². The van der Waals surface area contributed by atoms with Gasteiger partial charge in [-0.1, -0.05) is 11.6 Å². The van der Waals surface area contributed by atoms with Crippen LogP contribution in [-0.4, -0.2) is 105 Å². The van der Waals surface area contributed by atoms with Gasteiger partial charge < -0.3 is 14.8 Å². The third-order valence-electron chi connectivity index (χ3n) is 14.5. The Morgan fingerprint density at radius 1 is 0.974 bits per heavy atom. The summed E-state index contributed by atoms with van der Waals surface area (Å²) in [5.74, 6) is -12.9. The van der Waals surface area contributed by atoms with E-state index in [0.717, 1.165) is 23.0 Å². The largest absolute Gasteiger partial charge is 0.385 e. The fourth-order valence-corrected chi connectivity index (χ4v) is 12.2. The molecule has 76 heavy (non-hydrogen) atoms. The van der Waals surface area contributed by atoms with Gasteiger partial charge in [-0.15, -0.1) is 0 Å².